The zero-order valence-electron chi connectivity index (χ0n) is 9.48. The predicted molar refractivity (Wildman–Crippen MR) is 64.1 cm³/mol. The number of nitrogens with one attached hydrogen (secondary N) is 1. The summed E-state index contributed by atoms with van der Waals surface area (Å²) in [6.45, 7) is 4.79. The van der Waals surface area contributed by atoms with Gasteiger partial charge in [-0.3, -0.25) is 10.00 Å². The zero-order valence-corrected chi connectivity index (χ0v) is 9.48. The van der Waals surface area contributed by atoms with E-state index in [1.807, 2.05) is 18.3 Å². The van der Waals surface area contributed by atoms with E-state index in [0.29, 0.717) is 6.54 Å². The summed E-state index contributed by atoms with van der Waals surface area (Å²) in [5, 5.41) is 17.2. The van der Waals surface area contributed by atoms with Crippen molar-refractivity contribution in [3.63, 3.8) is 0 Å². The number of hydrogen-bond donors (Lipinski definition) is 2. The van der Waals surface area contributed by atoms with Crippen molar-refractivity contribution < 1.29 is 5.11 Å². The third-order valence-corrected chi connectivity index (χ3v) is 2.82. The Kier molecular flexibility index (Phi) is 3.54. The summed E-state index contributed by atoms with van der Waals surface area (Å²) in [6, 6.07) is 6.19. The number of aromatic amines is 1. The lowest BCUT2D eigenvalue weighted by atomic mass is 10.1. The van der Waals surface area contributed by atoms with Crippen molar-refractivity contribution in [2.24, 2.45) is 0 Å². The molecular formula is C12H17N3O. The van der Waals surface area contributed by atoms with Gasteiger partial charge in [-0.15, -0.1) is 0 Å². The van der Waals surface area contributed by atoms with Crippen LogP contribution in [0.3, 0.4) is 0 Å². The lowest BCUT2D eigenvalue weighted by Gasteiger charge is -2.19. The first-order valence-electron chi connectivity index (χ1n) is 5.59. The largest absolute Gasteiger partial charge is 0.395 e. The minimum absolute atomic E-state index is 0.201. The summed E-state index contributed by atoms with van der Waals surface area (Å²) >= 11 is 0. The molecule has 0 aliphatic rings. The Morgan fingerprint density at radius 3 is 3.06 bits per heavy atom. The summed E-state index contributed by atoms with van der Waals surface area (Å²) in [5.74, 6) is 0. The van der Waals surface area contributed by atoms with Gasteiger partial charge in [0.25, 0.3) is 0 Å². The highest BCUT2D eigenvalue weighted by atomic mass is 16.3. The number of aliphatic hydroxyl groups is 1. The molecule has 0 aliphatic heterocycles. The molecule has 2 rings (SSSR count). The highest BCUT2D eigenvalue weighted by Gasteiger charge is 2.07. The molecule has 0 unspecified atom stereocenters. The van der Waals surface area contributed by atoms with Crippen LogP contribution in [0.1, 0.15) is 12.5 Å². The Hall–Kier alpha value is -1.39. The van der Waals surface area contributed by atoms with Crippen molar-refractivity contribution >= 4 is 10.9 Å². The number of fused-ring (bicyclic) bond motifs is 1. The monoisotopic (exact) mass is 219 g/mol. The predicted octanol–water partition coefficient (Wildman–Crippen LogP) is 1.38. The Morgan fingerprint density at radius 2 is 2.31 bits per heavy atom. The molecule has 4 heteroatoms. The van der Waals surface area contributed by atoms with E-state index in [4.69, 9.17) is 5.11 Å². The fraction of sp³-hybridized carbons (Fsp3) is 0.417. The van der Waals surface area contributed by atoms with Crippen LogP contribution in [0.2, 0.25) is 0 Å². The number of hydrogen-bond acceptors (Lipinski definition) is 3. The molecule has 0 fully saturated rings. The molecule has 0 saturated heterocycles. The molecule has 0 spiro atoms. The number of rotatable bonds is 5. The molecule has 0 bridgehead atoms. The van der Waals surface area contributed by atoms with Gasteiger partial charge in [0.1, 0.15) is 0 Å². The average molecular weight is 219 g/mol. The van der Waals surface area contributed by atoms with E-state index in [9.17, 15) is 0 Å². The number of aliphatic hydroxyl groups excluding tert-OH is 1. The maximum absolute atomic E-state index is 8.96. The number of para-hydroxylation sites is 1. The lowest BCUT2D eigenvalue weighted by Crippen LogP contribution is -2.26. The fourth-order valence-electron chi connectivity index (χ4n) is 1.89. The van der Waals surface area contributed by atoms with Crippen molar-refractivity contribution in [2.75, 3.05) is 19.7 Å². The molecule has 4 nitrogen and oxygen atoms in total. The number of benzene rings is 1. The second-order valence-electron chi connectivity index (χ2n) is 3.84. The van der Waals surface area contributed by atoms with Crippen molar-refractivity contribution in [2.45, 2.75) is 13.5 Å². The van der Waals surface area contributed by atoms with Gasteiger partial charge in [-0.2, -0.15) is 5.10 Å². The van der Waals surface area contributed by atoms with Crippen LogP contribution in [0.25, 0.3) is 10.9 Å². The maximum Gasteiger partial charge on any atom is 0.0695 e. The zero-order chi connectivity index (χ0) is 11.4. The first-order valence-corrected chi connectivity index (χ1v) is 5.59. The quantitative estimate of drug-likeness (QED) is 0.798. The van der Waals surface area contributed by atoms with Gasteiger partial charge in [-0.05, 0) is 12.1 Å². The van der Waals surface area contributed by atoms with E-state index in [2.05, 4.69) is 28.1 Å². The Bertz CT molecular complexity index is 452. The molecule has 16 heavy (non-hydrogen) atoms. The van der Waals surface area contributed by atoms with Gasteiger partial charge >= 0.3 is 0 Å². The van der Waals surface area contributed by atoms with Crippen molar-refractivity contribution in [3.8, 4) is 0 Å². The summed E-state index contributed by atoms with van der Waals surface area (Å²) < 4.78 is 0. The van der Waals surface area contributed by atoms with Crippen LogP contribution in [-0.2, 0) is 6.54 Å². The van der Waals surface area contributed by atoms with Crippen LogP contribution < -0.4 is 0 Å². The topological polar surface area (TPSA) is 52.1 Å². The van der Waals surface area contributed by atoms with Crippen LogP contribution in [0.5, 0.6) is 0 Å². The minimum atomic E-state index is 0.201. The lowest BCUT2D eigenvalue weighted by molar-refractivity contribution is 0.197. The molecule has 0 atom stereocenters. The van der Waals surface area contributed by atoms with E-state index in [0.717, 1.165) is 24.0 Å². The number of likely N-dealkylation sites (N-methyl/N-ethyl adjacent to an activating group) is 1. The van der Waals surface area contributed by atoms with Gasteiger partial charge in [-0.25, -0.2) is 0 Å². The summed E-state index contributed by atoms with van der Waals surface area (Å²) in [5.41, 5.74) is 2.32. The van der Waals surface area contributed by atoms with Gasteiger partial charge in [0, 0.05) is 18.5 Å². The molecule has 0 aliphatic carbocycles. The molecule has 2 N–H and O–H groups in total. The fourth-order valence-corrected chi connectivity index (χ4v) is 1.89. The molecule has 0 amide bonds. The normalized spacial score (nSPS) is 11.4. The SMILES string of the molecule is CCN(CCO)Cc1cccc2cn[nH]c12. The molecule has 2 aromatic rings. The molecule has 1 aromatic heterocycles. The summed E-state index contributed by atoms with van der Waals surface area (Å²) in [7, 11) is 0. The van der Waals surface area contributed by atoms with E-state index < -0.39 is 0 Å². The van der Waals surface area contributed by atoms with Crippen LogP contribution in [-0.4, -0.2) is 39.9 Å². The molecule has 0 saturated carbocycles. The second-order valence-corrected chi connectivity index (χ2v) is 3.84. The Balaban J connectivity index is 2.22. The van der Waals surface area contributed by atoms with Gasteiger partial charge in [-0.1, -0.05) is 25.1 Å². The third kappa shape index (κ3) is 2.23. The van der Waals surface area contributed by atoms with Gasteiger partial charge in [0.05, 0.1) is 18.3 Å². The molecule has 0 radical (unpaired) electrons. The number of H-pyrrole nitrogens is 1. The highest BCUT2D eigenvalue weighted by Crippen LogP contribution is 2.17. The van der Waals surface area contributed by atoms with E-state index in [1.54, 1.807) is 0 Å². The maximum atomic E-state index is 8.96. The van der Waals surface area contributed by atoms with Crippen molar-refractivity contribution in [1.82, 2.24) is 15.1 Å². The standard InChI is InChI=1S/C12H17N3O/c1-2-15(6-7-16)9-11-5-3-4-10-8-13-14-12(10)11/h3-5,8,16H,2,6-7,9H2,1H3,(H,13,14). The first kappa shape index (κ1) is 11.1. The van der Waals surface area contributed by atoms with Gasteiger partial charge in [0.2, 0.25) is 0 Å². The second kappa shape index (κ2) is 5.09. The first-order chi connectivity index (χ1) is 7.85. The molecule has 1 heterocycles. The van der Waals surface area contributed by atoms with Crippen molar-refractivity contribution in [3.05, 3.63) is 30.0 Å². The van der Waals surface area contributed by atoms with Gasteiger partial charge in [0.15, 0.2) is 0 Å². The van der Waals surface area contributed by atoms with E-state index in [1.165, 1.54) is 5.56 Å². The summed E-state index contributed by atoms with van der Waals surface area (Å²) in [4.78, 5) is 2.20. The van der Waals surface area contributed by atoms with Crippen LogP contribution >= 0.6 is 0 Å². The van der Waals surface area contributed by atoms with Crippen LogP contribution in [0, 0.1) is 0 Å². The molecule has 86 valence electrons. The van der Waals surface area contributed by atoms with E-state index >= 15 is 0 Å². The average Bonchev–Trinajstić information content (AvgIpc) is 2.77. The van der Waals surface area contributed by atoms with Crippen LogP contribution in [0.15, 0.2) is 24.4 Å². The van der Waals surface area contributed by atoms with Crippen LogP contribution in [0.4, 0.5) is 0 Å². The third-order valence-electron chi connectivity index (χ3n) is 2.82. The Labute approximate surface area is 94.9 Å². The summed E-state index contributed by atoms with van der Waals surface area (Å²) in [6.07, 6.45) is 1.83. The van der Waals surface area contributed by atoms with E-state index in [-0.39, 0.29) is 6.61 Å². The molecular weight excluding hydrogens is 202 g/mol. The number of nitrogens with zero attached hydrogens (tertiary/aromatic N) is 2. The Morgan fingerprint density at radius 1 is 1.44 bits per heavy atom. The highest BCUT2D eigenvalue weighted by molar-refractivity contribution is 5.81. The minimum Gasteiger partial charge on any atom is -0.395 e. The molecule has 1 aromatic carbocycles. The smallest absolute Gasteiger partial charge is 0.0695 e. The number of aromatic nitrogens is 2. The van der Waals surface area contributed by atoms with Gasteiger partial charge < -0.3 is 5.11 Å². The van der Waals surface area contributed by atoms with Crippen molar-refractivity contribution in [1.29, 1.82) is 0 Å².